The summed E-state index contributed by atoms with van der Waals surface area (Å²) in [5, 5.41) is 16.5. The molecule has 0 fully saturated rings. The van der Waals surface area contributed by atoms with Crippen LogP contribution in [-0.2, 0) is 6.54 Å². The van der Waals surface area contributed by atoms with Gasteiger partial charge in [-0.2, -0.15) is 5.10 Å². The highest BCUT2D eigenvalue weighted by Gasteiger charge is 2.06. The van der Waals surface area contributed by atoms with E-state index in [1.807, 2.05) is 18.5 Å². The molecule has 0 atom stereocenters. The number of hydrogen-bond donors (Lipinski definition) is 3. The first kappa shape index (κ1) is 14.9. The van der Waals surface area contributed by atoms with Crippen LogP contribution in [0.5, 0.6) is 0 Å². The molecule has 0 amide bonds. The molecule has 0 spiro atoms. The fourth-order valence-electron chi connectivity index (χ4n) is 2.21. The molecule has 0 bridgehead atoms. The third-order valence-corrected chi connectivity index (χ3v) is 3.26. The Kier molecular flexibility index (Phi) is 4.47. The largest absolute Gasteiger partial charge is 0.478 e. The molecule has 1 heterocycles. The second kappa shape index (κ2) is 6.30. The van der Waals surface area contributed by atoms with E-state index in [1.54, 1.807) is 12.1 Å². The molecule has 21 heavy (non-hydrogen) atoms. The average Bonchev–Trinajstić information content (AvgIpc) is 2.74. The number of aromatic nitrogens is 2. The first-order valence-electron chi connectivity index (χ1n) is 6.85. The third kappa shape index (κ3) is 3.75. The van der Waals surface area contributed by atoms with E-state index in [0.717, 1.165) is 36.6 Å². The predicted molar refractivity (Wildman–Crippen MR) is 82.6 cm³/mol. The number of anilines is 2. The van der Waals surface area contributed by atoms with Crippen LogP contribution in [0.2, 0.25) is 0 Å². The van der Waals surface area contributed by atoms with E-state index >= 15 is 0 Å². The van der Waals surface area contributed by atoms with Crippen molar-refractivity contribution < 1.29 is 9.90 Å². The SMILES string of the molecule is Cc1cc(C)n(CCCNc2ccc(C(=O)O)cc2N)n1. The monoisotopic (exact) mass is 288 g/mol. The number of aryl methyl sites for hydroxylation is 3. The van der Waals surface area contributed by atoms with Crippen molar-refractivity contribution in [3.63, 3.8) is 0 Å². The normalized spacial score (nSPS) is 10.6. The quantitative estimate of drug-likeness (QED) is 0.560. The fraction of sp³-hybridized carbons (Fsp3) is 0.333. The average molecular weight is 288 g/mol. The zero-order valence-electron chi connectivity index (χ0n) is 12.3. The van der Waals surface area contributed by atoms with Crippen molar-refractivity contribution in [3.8, 4) is 0 Å². The first-order chi connectivity index (χ1) is 9.97. The molecule has 1 aromatic heterocycles. The predicted octanol–water partition coefficient (Wildman–Crippen LogP) is 2.28. The van der Waals surface area contributed by atoms with E-state index < -0.39 is 5.97 Å². The van der Waals surface area contributed by atoms with Gasteiger partial charge in [-0.15, -0.1) is 0 Å². The van der Waals surface area contributed by atoms with Gasteiger partial charge in [0.2, 0.25) is 0 Å². The van der Waals surface area contributed by atoms with E-state index in [2.05, 4.69) is 16.5 Å². The molecule has 0 radical (unpaired) electrons. The first-order valence-corrected chi connectivity index (χ1v) is 6.85. The molecule has 0 aliphatic rings. The van der Waals surface area contributed by atoms with Crippen molar-refractivity contribution in [1.29, 1.82) is 0 Å². The Balaban J connectivity index is 1.86. The Morgan fingerprint density at radius 2 is 2.14 bits per heavy atom. The highest BCUT2D eigenvalue weighted by atomic mass is 16.4. The van der Waals surface area contributed by atoms with E-state index in [4.69, 9.17) is 10.8 Å². The number of nitrogens with two attached hydrogens (primary N) is 1. The van der Waals surface area contributed by atoms with Crippen LogP contribution in [0.4, 0.5) is 11.4 Å². The Morgan fingerprint density at radius 3 is 2.71 bits per heavy atom. The van der Waals surface area contributed by atoms with Gasteiger partial charge in [0.15, 0.2) is 0 Å². The molecule has 112 valence electrons. The smallest absolute Gasteiger partial charge is 0.335 e. The molecule has 0 aliphatic carbocycles. The number of carboxylic acids is 1. The van der Waals surface area contributed by atoms with Gasteiger partial charge in [0.1, 0.15) is 0 Å². The van der Waals surface area contributed by atoms with Gasteiger partial charge in [0.05, 0.1) is 22.6 Å². The van der Waals surface area contributed by atoms with E-state index in [-0.39, 0.29) is 5.56 Å². The van der Waals surface area contributed by atoms with Crippen molar-refractivity contribution >= 4 is 17.3 Å². The van der Waals surface area contributed by atoms with Crippen LogP contribution in [0.3, 0.4) is 0 Å². The van der Waals surface area contributed by atoms with Gasteiger partial charge in [-0.3, -0.25) is 4.68 Å². The summed E-state index contributed by atoms with van der Waals surface area (Å²) in [6.07, 6.45) is 0.905. The van der Waals surface area contributed by atoms with Crippen LogP contribution in [0, 0.1) is 13.8 Å². The number of benzene rings is 1. The molecule has 6 heteroatoms. The van der Waals surface area contributed by atoms with Crippen LogP contribution in [-0.4, -0.2) is 27.4 Å². The van der Waals surface area contributed by atoms with Crippen LogP contribution < -0.4 is 11.1 Å². The van der Waals surface area contributed by atoms with Gasteiger partial charge in [-0.25, -0.2) is 4.79 Å². The molecule has 1 aromatic carbocycles. The minimum absolute atomic E-state index is 0.195. The second-order valence-corrected chi connectivity index (χ2v) is 5.04. The second-order valence-electron chi connectivity index (χ2n) is 5.04. The highest BCUT2D eigenvalue weighted by molar-refractivity contribution is 5.90. The van der Waals surface area contributed by atoms with Crippen molar-refractivity contribution in [1.82, 2.24) is 9.78 Å². The van der Waals surface area contributed by atoms with Crippen LogP contribution in [0.25, 0.3) is 0 Å². The Morgan fingerprint density at radius 1 is 1.38 bits per heavy atom. The van der Waals surface area contributed by atoms with Crippen molar-refractivity contribution in [2.45, 2.75) is 26.8 Å². The van der Waals surface area contributed by atoms with Crippen LogP contribution >= 0.6 is 0 Å². The van der Waals surface area contributed by atoms with Gasteiger partial charge >= 0.3 is 5.97 Å². The number of rotatable bonds is 6. The zero-order valence-corrected chi connectivity index (χ0v) is 12.3. The molecular weight excluding hydrogens is 268 g/mol. The van der Waals surface area contributed by atoms with Crippen LogP contribution in [0.15, 0.2) is 24.3 Å². The topological polar surface area (TPSA) is 93.2 Å². The molecule has 0 unspecified atom stereocenters. The number of carboxylic acid groups (broad SMARTS) is 1. The summed E-state index contributed by atoms with van der Waals surface area (Å²) in [5.41, 5.74) is 9.41. The molecule has 0 aliphatic heterocycles. The summed E-state index contributed by atoms with van der Waals surface area (Å²) in [4.78, 5) is 10.8. The maximum absolute atomic E-state index is 10.8. The van der Waals surface area contributed by atoms with Crippen molar-refractivity contribution in [3.05, 3.63) is 41.2 Å². The van der Waals surface area contributed by atoms with E-state index in [9.17, 15) is 4.79 Å². The number of hydrogen-bond acceptors (Lipinski definition) is 4. The number of aromatic carboxylic acids is 1. The van der Waals surface area contributed by atoms with Gasteiger partial charge in [0.25, 0.3) is 0 Å². The van der Waals surface area contributed by atoms with E-state index in [1.165, 1.54) is 6.07 Å². The summed E-state index contributed by atoms with van der Waals surface area (Å²) in [6.45, 7) is 5.59. The number of nitrogens with zero attached hydrogens (tertiary/aromatic N) is 2. The summed E-state index contributed by atoms with van der Waals surface area (Å²) in [6, 6.07) is 6.76. The van der Waals surface area contributed by atoms with Gasteiger partial charge in [-0.1, -0.05) is 0 Å². The van der Waals surface area contributed by atoms with E-state index in [0.29, 0.717) is 5.69 Å². The fourth-order valence-corrected chi connectivity index (χ4v) is 2.21. The Hall–Kier alpha value is -2.50. The molecule has 6 nitrogen and oxygen atoms in total. The van der Waals surface area contributed by atoms with Crippen molar-refractivity contribution in [2.75, 3.05) is 17.6 Å². The van der Waals surface area contributed by atoms with Gasteiger partial charge in [0, 0.05) is 18.8 Å². The highest BCUT2D eigenvalue weighted by Crippen LogP contribution is 2.19. The third-order valence-electron chi connectivity index (χ3n) is 3.26. The summed E-state index contributed by atoms with van der Waals surface area (Å²) < 4.78 is 1.98. The lowest BCUT2D eigenvalue weighted by atomic mass is 10.1. The minimum Gasteiger partial charge on any atom is -0.478 e. The van der Waals surface area contributed by atoms with Crippen LogP contribution in [0.1, 0.15) is 28.2 Å². The molecule has 2 aromatic rings. The lowest BCUT2D eigenvalue weighted by Crippen LogP contribution is -2.10. The molecule has 0 saturated heterocycles. The summed E-state index contributed by atoms with van der Waals surface area (Å²) >= 11 is 0. The number of nitrogen functional groups attached to an aromatic ring is 1. The molecular formula is C15H20N4O2. The summed E-state index contributed by atoms with van der Waals surface area (Å²) in [7, 11) is 0. The lowest BCUT2D eigenvalue weighted by Gasteiger charge is -2.10. The minimum atomic E-state index is -0.974. The maximum atomic E-state index is 10.8. The number of nitrogens with one attached hydrogen (secondary N) is 1. The van der Waals surface area contributed by atoms with Gasteiger partial charge < -0.3 is 16.2 Å². The Labute approximate surface area is 123 Å². The Bertz CT molecular complexity index is 649. The molecule has 2 rings (SSSR count). The zero-order chi connectivity index (χ0) is 15.4. The maximum Gasteiger partial charge on any atom is 0.335 e. The standard InChI is InChI=1S/C15H20N4O2/c1-10-8-11(2)19(18-10)7-3-6-17-14-5-4-12(15(20)21)9-13(14)16/h4-5,8-9,17H,3,6-7,16H2,1-2H3,(H,20,21). The lowest BCUT2D eigenvalue weighted by molar-refractivity contribution is 0.0697. The van der Waals surface area contributed by atoms with Crippen molar-refractivity contribution in [2.24, 2.45) is 0 Å². The molecule has 0 saturated carbocycles. The molecule has 4 N–H and O–H groups in total. The van der Waals surface area contributed by atoms with Gasteiger partial charge in [-0.05, 0) is 44.5 Å². The number of carbonyl (C=O) groups is 1. The summed E-state index contributed by atoms with van der Waals surface area (Å²) in [5.74, 6) is -0.974.